The summed E-state index contributed by atoms with van der Waals surface area (Å²) in [4.78, 5) is 22.5. The van der Waals surface area contributed by atoms with E-state index in [1.54, 1.807) is 0 Å². The number of ether oxygens (including phenoxy) is 1. The highest BCUT2D eigenvalue weighted by Crippen LogP contribution is 2.17. The molecule has 1 fully saturated rings. The molecule has 6 heteroatoms. The van der Waals surface area contributed by atoms with Gasteiger partial charge in [0.05, 0.1) is 24.0 Å². The van der Waals surface area contributed by atoms with Gasteiger partial charge in [0.15, 0.2) is 0 Å². The lowest BCUT2D eigenvalue weighted by Crippen LogP contribution is -2.44. The SMILES string of the molecule is O=C(CCCCc1ccccc1)N1CCCC(Oc2ncc(Cl)cn2)C1. The van der Waals surface area contributed by atoms with E-state index >= 15 is 0 Å². The molecule has 1 unspecified atom stereocenters. The number of unbranched alkanes of at least 4 members (excludes halogenated alkanes) is 1. The fourth-order valence-corrected chi connectivity index (χ4v) is 3.28. The Labute approximate surface area is 159 Å². The summed E-state index contributed by atoms with van der Waals surface area (Å²) in [5.41, 5.74) is 1.33. The van der Waals surface area contributed by atoms with Gasteiger partial charge in [-0.05, 0) is 37.7 Å². The number of likely N-dealkylation sites (tertiary alicyclic amines) is 1. The van der Waals surface area contributed by atoms with Crippen LogP contribution in [0, 0.1) is 0 Å². The van der Waals surface area contributed by atoms with E-state index in [-0.39, 0.29) is 12.0 Å². The van der Waals surface area contributed by atoms with E-state index in [9.17, 15) is 4.79 Å². The molecule has 1 aromatic heterocycles. The average Bonchev–Trinajstić information content (AvgIpc) is 2.68. The highest BCUT2D eigenvalue weighted by Gasteiger charge is 2.25. The second-order valence-corrected chi connectivity index (χ2v) is 7.03. The third-order valence-corrected chi connectivity index (χ3v) is 4.74. The normalized spacial score (nSPS) is 17.1. The minimum absolute atomic E-state index is 0.0572. The monoisotopic (exact) mass is 373 g/mol. The van der Waals surface area contributed by atoms with Crippen molar-refractivity contribution in [3.63, 3.8) is 0 Å². The summed E-state index contributed by atoms with van der Waals surface area (Å²) in [5, 5.41) is 0.480. The van der Waals surface area contributed by atoms with Crippen molar-refractivity contribution in [3.05, 3.63) is 53.3 Å². The molecule has 5 nitrogen and oxygen atoms in total. The predicted octanol–water partition coefficient (Wildman–Crippen LogP) is 3.91. The third-order valence-electron chi connectivity index (χ3n) is 4.55. The predicted molar refractivity (Wildman–Crippen MR) is 101 cm³/mol. The zero-order valence-corrected chi connectivity index (χ0v) is 15.6. The largest absolute Gasteiger partial charge is 0.458 e. The number of piperidine rings is 1. The van der Waals surface area contributed by atoms with E-state index in [1.807, 2.05) is 11.0 Å². The maximum absolute atomic E-state index is 12.5. The van der Waals surface area contributed by atoms with Crippen molar-refractivity contribution in [2.75, 3.05) is 13.1 Å². The quantitative estimate of drug-likeness (QED) is 0.690. The van der Waals surface area contributed by atoms with Crippen LogP contribution in [-0.4, -0.2) is 40.0 Å². The lowest BCUT2D eigenvalue weighted by Gasteiger charge is -2.32. The first-order chi connectivity index (χ1) is 12.7. The Hall–Kier alpha value is -2.14. The molecule has 0 bridgehead atoms. The molecule has 1 aliphatic rings. The summed E-state index contributed by atoms with van der Waals surface area (Å²) in [5.74, 6) is 0.211. The van der Waals surface area contributed by atoms with Crippen molar-refractivity contribution >= 4 is 17.5 Å². The van der Waals surface area contributed by atoms with Crippen LogP contribution in [0.1, 0.15) is 37.7 Å². The smallest absolute Gasteiger partial charge is 0.316 e. The molecule has 138 valence electrons. The second kappa shape index (κ2) is 9.53. The number of amides is 1. The summed E-state index contributed by atoms with van der Waals surface area (Å²) >= 11 is 5.79. The van der Waals surface area contributed by atoms with Crippen molar-refractivity contribution in [2.24, 2.45) is 0 Å². The first-order valence-corrected chi connectivity index (χ1v) is 9.54. The molecule has 2 aromatic rings. The molecule has 1 aromatic carbocycles. The number of halogens is 1. The van der Waals surface area contributed by atoms with Gasteiger partial charge in [-0.15, -0.1) is 0 Å². The molecule has 0 spiro atoms. The van der Waals surface area contributed by atoms with E-state index < -0.39 is 0 Å². The number of aromatic nitrogens is 2. The number of carbonyl (C=O) groups excluding carboxylic acids is 1. The topological polar surface area (TPSA) is 55.3 Å². The van der Waals surface area contributed by atoms with Gasteiger partial charge in [0.25, 0.3) is 0 Å². The molecule has 3 rings (SSSR count). The number of carbonyl (C=O) groups is 1. The molecule has 1 saturated heterocycles. The van der Waals surface area contributed by atoms with Crippen LogP contribution in [0.25, 0.3) is 0 Å². The first kappa shape index (κ1) is 18.6. The molecular formula is C20H24ClN3O2. The van der Waals surface area contributed by atoms with Gasteiger partial charge in [-0.25, -0.2) is 9.97 Å². The molecule has 0 aliphatic carbocycles. The molecular weight excluding hydrogens is 350 g/mol. The first-order valence-electron chi connectivity index (χ1n) is 9.16. The second-order valence-electron chi connectivity index (χ2n) is 6.60. The van der Waals surface area contributed by atoms with Crippen LogP contribution in [0.5, 0.6) is 6.01 Å². The molecule has 0 radical (unpaired) electrons. The van der Waals surface area contributed by atoms with Gasteiger partial charge in [-0.1, -0.05) is 41.9 Å². The Morgan fingerprint density at radius 1 is 1.19 bits per heavy atom. The van der Waals surface area contributed by atoms with E-state index in [0.29, 0.717) is 24.0 Å². The van der Waals surface area contributed by atoms with Crippen molar-refractivity contribution in [1.82, 2.24) is 14.9 Å². The number of hydrogen-bond acceptors (Lipinski definition) is 4. The number of nitrogens with zero attached hydrogens (tertiary/aromatic N) is 3. The molecule has 1 atom stereocenters. The lowest BCUT2D eigenvalue weighted by atomic mass is 10.1. The maximum atomic E-state index is 12.5. The van der Waals surface area contributed by atoms with Gasteiger partial charge < -0.3 is 9.64 Å². The number of hydrogen-bond donors (Lipinski definition) is 0. The summed E-state index contributed by atoms with van der Waals surface area (Å²) in [6.07, 6.45) is 8.38. The summed E-state index contributed by atoms with van der Waals surface area (Å²) in [6, 6.07) is 10.7. The standard InChI is InChI=1S/C20H24ClN3O2/c21-17-13-22-20(23-14-17)26-18-10-6-12-24(15-18)19(25)11-5-4-9-16-7-2-1-3-8-16/h1-3,7-8,13-14,18H,4-6,9-12,15H2. The van der Waals surface area contributed by atoms with E-state index in [2.05, 4.69) is 34.2 Å². The summed E-state index contributed by atoms with van der Waals surface area (Å²) in [7, 11) is 0. The maximum Gasteiger partial charge on any atom is 0.316 e. The van der Waals surface area contributed by atoms with Gasteiger partial charge in [-0.2, -0.15) is 0 Å². The lowest BCUT2D eigenvalue weighted by molar-refractivity contribution is -0.134. The molecule has 1 aliphatic heterocycles. The van der Waals surface area contributed by atoms with Crippen molar-refractivity contribution in [2.45, 2.75) is 44.6 Å². The molecule has 1 amide bonds. The Balaban J connectivity index is 1.40. The van der Waals surface area contributed by atoms with Crippen LogP contribution < -0.4 is 4.74 Å². The molecule has 0 N–H and O–H groups in total. The zero-order valence-electron chi connectivity index (χ0n) is 14.8. The van der Waals surface area contributed by atoms with Crippen LogP contribution in [0.15, 0.2) is 42.7 Å². The minimum atomic E-state index is -0.0572. The van der Waals surface area contributed by atoms with Crippen LogP contribution in [0.3, 0.4) is 0 Å². The Morgan fingerprint density at radius 2 is 1.96 bits per heavy atom. The minimum Gasteiger partial charge on any atom is -0.458 e. The van der Waals surface area contributed by atoms with Crippen LogP contribution in [0.4, 0.5) is 0 Å². The number of benzene rings is 1. The van der Waals surface area contributed by atoms with E-state index in [0.717, 1.165) is 38.6 Å². The third kappa shape index (κ3) is 5.70. The van der Waals surface area contributed by atoms with Crippen LogP contribution >= 0.6 is 11.6 Å². The van der Waals surface area contributed by atoms with Gasteiger partial charge in [-0.3, -0.25) is 4.79 Å². The Bertz CT molecular complexity index is 694. The van der Waals surface area contributed by atoms with E-state index in [4.69, 9.17) is 16.3 Å². The Kier molecular flexibility index (Phi) is 6.83. The number of rotatable bonds is 7. The highest BCUT2D eigenvalue weighted by molar-refractivity contribution is 6.30. The van der Waals surface area contributed by atoms with Gasteiger partial charge >= 0.3 is 6.01 Å². The number of aryl methyl sites for hydroxylation is 1. The van der Waals surface area contributed by atoms with Crippen molar-refractivity contribution in [3.8, 4) is 6.01 Å². The average molecular weight is 374 g/mol. The fraction of sp³-hybridized carbons (Fsp3) is 0.450. The summed E-state index contributed by atoms with van der Waals surface area (Å²) < 4.78 is 5.80. The van der Waals surface area contributed by atoms with Crippen molar-refractivity contribution in [1.29, 1.82) is 0 Å². The van der Waals surface area contributed by atoms with Gasteiger partial charge in [0.1, 0.15) is 6.10 Å². The zero-order chi connectivity index (χ0) is 18.2. The Morgan fingerprint density at radius 3 is 2.73 bits per heavy atom. The summed E-state index contributed by atoms with van der Waals surface area (Å²) in [6.45, 7) is 1.41. The van der Waals surface area contributed by atoms with Crippen LogP contribution in [-0.2, 0) is 11.2 Å². The van der Waals surface area contributed by atoms with Gasteiger partial charge in [0.2, 0.25) is 5.91 Å². The van der Waals surface area contributed by atoms with Crippen LogP contribution in [0.2, 0.25) is 5.02 Å². The van der Waals surface area contributed by atoms with Crippen molar-refractivity contribution < 1.29 is 9.53 Å². The van der Waals surface area contributed by atoms with E-state index in [1.165, 1.54) is 18.0 Å². The molecule has 2 heterocycles. The highest BCUT2D eigenvalue weighted by atomic mass is 35.5. The van der Waals surface area contributed by atoms with Gasteiger partial charge in [0, 0.05) is 13.0 Å². The molecule has 26 heavy (non-hydrogen) atoms. The fourth-order valence-electron chi connectivity index (χ4n) is 3.18. The molecule has 0 saturated carbocycles.